The molecule has 0 heterocycles. The molecule has 72 valence electrons. The van der Waals surface area contributed by atoms with E-state index in [4.69, 9.17) is 25.5 Å². The number of aliphatic hydroxyl groups excluding tert-OH is 5. The molecule has 0 amide bonds. The van der Waals surface area contributed by atoms with Crippen LogP contribution in [0.2, 0.25) is 0 Å². The molecule has 0 aliphatic rings. The van der Waals surface area contributed by atoms with E-state index >= 15 is 0 Å². The van der Waals surface area contributed by atoms with Crippen LogP contribution in [-0.4, -0.2) is 61.9 Å². The molecule has 12 heavy (non-hydrogen) atoms. The van der Waals surface area contributed by atoms with Crippen LogP contribution >= 0.6 is 12.2 Å². The van der Waals surface area contributed by atoms with Gasteiger partial charge in [-0.25, -0.2) is 0 Å². The highest BCUT2D eigenvalue weighted by atomic mass is 32.1. The van der Waals surface area contributed by atoms with Crippen LogP contribution in [-0.2, 0) is 0 Å². The average Bonchev–Trinajstić information content (AvgIpc) is 2.12. The van der Waals surface area contributed by atoms with Crippen LogP contribution in [0.3, 0.4) is 0 Å². The van der Waals surface area contributed by atoms with Crippen LogP contribution in [0.25, 0.3) is 0 Å². The van der Waals surface area contributed by atoms with Gasteiger partial charge in [0.1, 0.15) is 18.3 Å². The quantitative estimate of drug-likeness (QED) is 0.310. The van der Waals surface area contributed by atoms with Crippen molar-refractivity contribution in [2.75, 3.05) is 13.2 Å². The lowest BCUT2D eigenvalue weighted by atomic mass is 10.1. The molecule has 0 aliphatic carbocycles. The highest BCUT2D eigenvalue weighted by molar-refractivity contribution is 7.80. The molecule has 5 nitrogen and oxygen atoms in total. The number of hydrogen-bond donors (Lipinski definition) is 5. The topological polar surface area (TPSA) is 101 Å². The van der Waals surface area contributed by atoms with E-state index in [2.05, 4.69) is 12.2 Å². The maximum atomic E-state index is 9.07. The molecule has 0 bridgehead atoms. The molecule has 6 heteroatoms. The Hall–Kier alpha value is -0.110. The fraction of sp³-hybridized carbons (Fsp3) is 0.833. The molecule has 0 saturated carbocycles. The Morgan fingerprint density at radius 3 is 1.92 bits per heavy atom. The minimum Gasteiger partial charge on any atom is -0.394 e. The van der Waals surface area contributed by atoms with Crippen molar-refractivity contribution in [1.82, 2.24) is 0 Å². The second-order valence-electron chi connectivity index (χ2n) is 2.30. The minimum atomic E-state index is -1.49. The Morgan fingerprint density at radius 2 is 1.58 bits per heavy atom. The maximum absolute atomic E-state index is 9.07. The minimum absolute atomic E-state index is 0.279. The van der Waals surface area contributed by atoms with Crippen molar-refractivity contribution in [1.29, 1.82) is 0 Å². The van der Waals surface area contributed by atoms with Gasteiger partial charge in [0, 0.05) is 0 Å². The monoisotopic (exact) mass is 196 g/mol. The molecule has 0 aromatic rings. The van der Waals surface area contributed by atoms with E-state index in [0.29, 0.717) is 0 Å². The Labute approximate surface area is 74.9 Å². The van der Waals surface area contributed by atoms with Gasteiger partial charge in [-0.2, -0.15) is 0 Å². The van der Waals surface area contributed by atoms with Crippen molar-refractivity contribution in [2.45, 2.75) is 18.3 Å². The van der Waals surface area contributed by atoms with E-state index < -0.39 is 31.5 Å². The molecule has 0 aromatic heterocycles. The molecule has 0 rings (SSSR count). The fourth-order valence-electron chi connectivity index (χ4n) is 0.577. The molecule has 0 spiro atoms. The van der Waals surface area contributed by atoms with Crippen molar-refractivity contribution >= 4 is 17.1 Å². The van der Waals surface area contributed by atoms with Gasteiger partial charge in [-0.1, -0.05) is 12.2 Å². The second-order valence-corrected chi connectivity index (χ2v) is 2.77. The third-order valence-corrected chi connectivity index (χ3v) is 1.86. The van der Waals surface area contributed by atoms with Gasteiger partial charge in [0.15, 0.2) is 0 Å². The molecule has 0 saturated heterocycles. The second kappa shape index (κ2) is 5.52. The molecule has 0 aromatic carbocycles. The maximum Gasteiger partial charge on any atom is 0.116 e. The zero-order chi connectivity index (χ0) is 9.72. The Kier molecular flexibility index (Phi) is 5.47. The molecule has 0 radical (unpaired) electrons. The van der Waals surface area contributed by atoms with Gasteiger partial charge in [0.05, 0.1) is 18.1 Å². The molecule has 0 aliphatic heterocycles. The van der Waals surface area contributed by atoms with Gasteiger partial charge in [-0.3, -0.25) is 0 Å². The molecule has 0 fully saturated rings. The molecular weight excluding hydrogens is 184 g/mol. The standard InChI is InChI=1S/C6H12O5S/c7-1-3(9)5(11)6(12)4(10)2-8/h3-5,7-11H,1-2H2/t3-,4+,5+/m0/s1. The van der Waals surface area contributed by atoms with Gasteiger partial charge < -0.3 is 25.5 Å². The van der Waals surface area contributed by atoms with Gasteiger partial charge in [0.2, 0.25) is 0 Å². The van der Waals surface area contributed by atoms with Gasteiger partial charge >= 0.3 is 0 Å². The fourth-order valence-corrected chi connectivity index (χ4v) is 0.808. The summed E-state index contributed by atoms with van der Waals surface area (Å²) in [7, 11) is 0. The molecular formula is C6H12O5S. The van der Waals surface area contributed by atoms with Gasteiger partial charge in [-0.05, 0) is 0 Å². The van der Waals surface area contributed by atoms with E-state index in [1.165, 1.54) is 0 Å². The van der Waals surface area contributed by atoms with Crippen LogP contribution in [0, 0.1) is 0 Å². The lowest BCUT2D eigenvalue weighted by Gasteiger charge is -2.19. The van der Waals surface area contributed by atoms with Crippen LogP contribution in [0.15, 0.2) is 0 Å². The third kappa shape index (κ3) is 3.10. The largest absolute Gasteiger partial charge is 0.394 e. The van der Waals surface area contributed by atoms with Crippen LogP contribution in [0.5, 0.6) is 0 Å². The highest BCUT2D eigenvalue weighted by Gasteiger charge is 2.24. The van der Waals surface area contributed by atoms with E-state index in [9.17, 15) is 0 Å². The van der Waals surface area contributed by atoms with E-state index in [1.54, 1.807) is 0 Å². The SMILES string of the molecule is OC[C@@H](O)C(=S)[C@H](O)[C@@H](O)CO. The summed E-state index contributed by atoms with van der Waals surface area (Å²) in [5.41, 5.74) is 0. The van der Waals surface area contributed by atoms with Crippen LogP contribution < -0.4 is 0 Å². The van der Waals surface area contributed by atoms with Crippen LogP contribution in [0.1, 0.15) is 0 Å². The number of aliphatic hydroxyl groups is 5. The van der Waals surface area contributed by atoms with E-state index in [0.717, 1.165) is 0 Å². The van der Waals surface area contributed by atoms with Gasteiger partial charge in [0.25, 0.3) is 0 Å². The zero-order valence-corrected chi connectivity index (χ0v) is 7.11. The number of hydrogen-bond acceptors (Lipinski definition) is 6. The number of thiocarbonyl (C=S) groups is 1. The predicted molar refractivity (Wildman–Crippen MR) is 44.8 cm³/mol. The lowest BCUT2D eigenvalue weighted by molar-refractivity contribution is 0.0133. The van der Waals surface area contributed by atoms with Crippen molar-refractivity contribution in [3.8, 4) is 0 Å². The number of rotatable bonds is 5. The summed E-state index contributed by atoms with van der Waals surface area (Å²) >= 11 is 4.51. The smallest absolute Gasteiger partial charge is 0.116 e. The first kappa shape index (κ1) is 11.9. The first-order valence-corrected chi connectivity index (χ1v) is 3.75. The van der Waals surface area contributed by atoms with Crippen molar-refractivity contribution in [3.63, 3.8) is 0 Å². The zero-order valence-electron chi connectivity index (χ0n) is 6.29. The summed E-state index contributed by atoms with van der Waals surface area (Å²) < 4.78 is 0. The molecule has 3 atom stereocenters. The van der Waals surface area contributed by atoms with E-state index in [1.807, 2.05) is 0 Å². The van der Waals surface area contributed by atoms with E-state index in [-0.39, 0.29) is 4.86 Å². The predicted octanol–water partition coefficient (Wildman–Crippen LogP) is -2.58. The summed E-state index contributed by atoms with van der Waals surface area (Å²) in [6.45, 7) is -1.27. The Morgan fingerprint density at radius 1 is 1.08 bits per heavy atom. The highest BCUT2D eigenvalue weighted by Crippen LogP contribution is 2.00. The lowest BCUT2D eigenvalue weighted by Crippen LogP contribution is -2.42. The normalized spacial score (nSPS) is 18.4. The first-order valence-electron chi connectivity index (χ1n) is 3.34. The Balaban J connectivity index is 4.09. The summed E-state index contributed by atoms with van der Waals surface area (Å²) in [4.78, 5) is -0.279. The average molecular weight is 196 g/mol. The third-order valence-electron chi connectivity index (χ3n) is 1.34. The van der Waals surface area contributed by atoms with Crippen LogP contribution in [0.4, 0.5) is 0 Å². The van der Waals surface area contributed by atoms with Crippen molar-refractivity contribution < 1.29 is 25.5 Å². The van der Waals surface area contributed by atoms with Crippen molar-refractivity contribution in [2.24, 2.45) is 0 Å². The Bertz CT molecular complexity index is 151. The first-order chi connectivity index (χ1) is 5.54. The molecule has 5 N–H and O–H groups in total. The summed E-state index contributed by atoms with van der Waals surface area (Å²) in [5, 5.41) is 43.6. The summed E-state index contributed by atoms with van der Waals surface area (Å²) in [6.07, 6.45) is -4.26. The molecule has 0 unspecified atom stereocenters. The van der Waals surface area contributed by atoms with Gasteiger partial charge in [-0.15, -0.1) is 0 Å². The summed E-state index contributed by atoms with van der Waals surface area (Å²) in [5.74, 6) is 0. The van der Waals surface area contributed by atoms with Crippen molar-refractivity contribution in [3.05, 3.63) is 0 Å². The summed E-state index contributed by atoms with van der Waals surface area (Å²) in [6, 6.07) is 0.